The van der Waals surface area contributed by atoms with Crippen molar-refractivity contribution in [2.24, 2.45) is 5.73 Å². The Morgan fingerprint density at radius 1 is 1.40 bits per heavy atom. The van der Waals surface area contributed by atoms with E-state index in [0.29, 0.717) is 11.3 Å². The maximum Gasteiger partial charge on any atom is 0.265 e. The Kier molecular flexibility index (Phi) is 2.36. The van der Waals surface area contributed by atoms with Crippen LogP contribution in [-0.2, 0) is 6.42 Å². The largest absolute Gasteiger partial charge is 0.325 e. The van der Waals surface area contributed by atoms with Crippen LogP contribution in [0.15, 0.2) is 24.8 Å². The molecule has 2 heterocycles. The number of hydrogen-bond donors (Lipinski definition) is 1. The summed E-state index contributed by atoms with van der Waals surface area (Å²) in [5.41, 5.74) is 5.96. The van der Waals surface area contributed by atoms with Crippen LogP contribution in [0.4, 0.5) is 8.78 Å². The summed E-state index contributed by atoms with van der Waals surface area (Å²) in [5.74, 6) is -2.89. The molecule has 0 bridgehead atoms. The van der Waals surface area contributed by atoms with E-state index < -0.39 is 18.9 Å². The smallest absolute Gasteiger partial charge is 0.265 e. The van der Waals surface area contributed by atoms with E-state index in [1.165, 1.54) is 18.6 Å². The normalized spacial score (nSPS) is 12.2. The number of hydrogen-bond acceptors (Lipinski definition) is 3. The van der Waals surface area contributed by atoms with Crippen molar-refractivity contribution in [2.45, 2.75) is 12.3 Å². The van der Waals surface area contributed by atoms with Crippen LogP contribution in [0.2, 0.25) is 0 Å². The first-order valence-corrected chi connectivity index (χ1v) is 4.46. The minimum atomic E-state index is -2.89. The van der Waals surface area contributed by atoms with Crippen molar-refractivity contribution in [3.8, 4) is 0 Å². The Hall–Kier alpha value is -1.56. The number of rotatable bonds is 3. The van der Waals surface area contributed by atoms with E-state index in [0.717, 1.165) is 0 Å². The zero-order valence-electron chi connectivity index (χ0n) is 7.90. The number of fused-ring (bicyclic) bond motifs is 1. The zero-order chi connectivity index (χ0) is 10.9. The molecule has 0 radical (unpaired) electrons. The Bertz CT molecular complexity index is 466. The van der Waals surface area contributed by atoms with Gasteiger partial charge in [-0.1, -0.05) is 0 Å². The third kappa shape index (κ3) is 1.94. The Morgan fingerprint density at radius 3 is 2.93 bits per heavy atom. The third-order valence-electron chi connectivity index (χ3n) is 2.13. The van der Waals surface area contributed by atoms with Gasteiger partial charge in [0, 0.05) is 24.3 Å². The van der Waals surface area contributed by atoms with Gasteiger partial charge in [-0.05, 0) is 0 Å². The van der Waals surface area contributed by atoms with Crippen molar-refractivity contribution < 1.29 is 8.78 Å². The Morgan fingerprint density at radius 2 is 2.20 bits per heavy atom. The first-order chi connectivity index (χ1) is 7.12. The highest BCUT2D eigenvalue weighted by molar-refractivity contribution is 5.37. The summed E-state index contributed by atoms with van der Waals surface area (Å²) >= 11 is 0. The average molecular weight is 212 g/mol. The fourth-order valence-electron chi connectivity index (χ4n) is 1.36. The van der Waals surface area contributed by atoms with Gasteiger partial charge in [-0.2, -0.15) is 0 Å². The molecule has 0 aromatic carbocycles. The number of alkyl halides is 2. The molecule has 0 atom stereocenters. The molecule has 80 valence electrons. The van der Waals surface area contributed by atoms with E-state index in [1.807, 2.05) is 0 Å². The quantitative estimate of drug-likeness (QED) is 0.821. The molecule has 4 nitrogen and oxygen atoms in total. The van der Waals surface area contributed by atoms with E-state index >= 15 is 0 Å². The van der Waals surface area contributed by atoms with E-state index in [1.54, 1.807) is 10.6 Å². The summed E-state index contributed by atoms with van der Waals surface area (Å²) in [4.78, 5) is 7.81. The van der Waals surface area contributed by atoms with E-state index in [9.17, 15) is 8.78 Å². The average Bonchev–Trinajstić information content (AvgIpc) is 2.62. The van der Waals surface area contributed by atoms with Gasteiger partial charge in [0.25, 0.3) is 5.92 Å². The molecule has 2 aromatic heterocycles. The van der Waals surface area contributed by atoms with Crippen molar-refractivity contribution in [3.63, 3.8) is 0 Å². The lowest BCUT2D eigenvalue weighted by atomic mass is 10.2. The highest BCUT2D eigenvalue weighted by atomic mass is 19.3. The van der Waals surface area contributed by atoms with Crippen LogP contribution >= 0.6 is 0 Å². The summed E-state index contributed by atoms with van der Waals surface area (Å²) in [7, 11) is 0. The van der Waals surface area contributed by atoms with Gasteiger partial charge >= 0.3 is 0 Å². The zero-order valence-corrected chi connectivity index (χ0v) is 7.90. The third-order valence-corrected chi connectivity index (χ3v) is 2.13. The minimum absolute atomic E-state index is 0.408. The van der Waals surface area contributed by atoms with Crippen molar-refractivity contribution in [3.05, 3.63) is 30.5 Å². The molecule has 0 aliphatic rings. The SMILES string of the molecule is NCC(F)(F)Cc1cnc2cnccn12. The van der Waals surface area contributed by atoms with Gasteiger partial charge in [-0.3, -0.25) is 4.98 Å². The fourth-order valence-corrected chi connectivity index (χ4v) is 1.36. The van der Waals surface area contributed by atoms with Crippen molar-refractivity contribution in [1.82, 2.24) is 14.4 Å². The standard InChI is InChI=1S/C9H10F2N4/c10-9(11,6-12)3-7-4-14-8-5-13-1-2-15(7)8/h1-2,4-5H,3,6,12H2. The highest BCUT2D eigenvalue weighted by Crippen LogP contribution is 2.18. The van der Waals surface area contributed by atoms with Crippen LogP contribution in [0.3, 0.4) is 0 Å². The fraction of sp³-hybridized carbons (Fsp3) is 0.333. The van der Waals surface area contributed by atoms with Crippen molar-refractivity contribution >= 4 is 5.65 Å². The number of nitrogens with two attached hydrogens (primary N) is 1. The van der Waals surface area contributed by atoms with Gasteiger partial charge < -0.3 is 10.1 Å². The predicted molar refractivity (Wildman–Crippen MR) is 50.7 cm³/mol. The second-order valence-corrected chi connectivity index (χ2v) is 3.29. The van der Waals surface area contributed by atoms with Gasteiger partial charge in [-0.25, -0.2) is 13.8 Å². The van der Waals surface area contributed by atoms with E-state index in [4.69, 9.17) is 5.73 Å². The molecule has 0 amide bonds. The number of imidazole rings is 1. The van der Waals surface area contributed by atoms with Crippen LogP contribution in [0, 0.1) is 0 Å². The molecule has 0 saturated heterocycles. The van der Waals surface area contributed by atoms with Crippen molar-refractivity contribution in [2.75, 3.05) is 6.54 Å². The first kappa shape index (κ1) is 9.97. The molecular formula is C9H10F2N4. The second kappa shape index (κ2) is 3.54. The molecule has 0 aliphatic carbocycles. The number of halogens is 2. The number of aromatic nitrogens is 3. The molecule has 0 saturated carbocycles. The Labute approximate surface area is 84.8 Å². The van der Waals surface area contributed by atoms with Crippen LogP contribution in [-0.4, -0.2) is 26.8 Å². The molecule has 15 heavy (non-hydrogen) atoms. The lowest BCUT2D eigenvalue weighted by Crippen LogP contribution is -2.30. The van der Waals surface area contributed by atoms with Crippen LogP contribution in [0.1, 0.15) is 5.69 Å². The number of nitrogens with zero attached hydrogens (tertiary/aromatic N) is 3. The highest BCUT2D eigenvalue weighted by Gasteiger charge is 2.28. The van der Waals surface area contributed by atoms with Crippen molar-refractivity contribution in [1.29, 1.82) is 0 Å². The molecule has 6 heteroatoms. The molecule has 2 N–H and O–H groups in total. The summed E-state index contributed by atoms with van der Waals surface area (Å²) in [6, 6.07) is 0. The second-order valence-electron chi connectivity index (χ2n) is 3.29. The molecule has 2 aromatic rings. The van der Waals surface area contributed by atoms with Crippen LogP contribution in [0.5, 0.6) is 0 Å². The van der Waals surface area contributed by atoms with E-state index in [2.05, 4.69) is 9.97 Å². The predicted octanol–water partition coefficient (Wildman–Crippen LogP) is 0.866. The van der Waals surface area contributed by atoms with Crippen LogP contribution in [0.25, 0.3) is 5.65 Å². The monoisotopic (exact) mass is 212 g/mol. The minimum Gasteiger partial charge on any atom is -0.325 e. The van der Waals surface area contributed by atoms with Gasteiger partial charge in [0.2, 0.25) is 0 Å². The van der Waals surface area contributed by atoms with Gasteiger partial charge in [0.1, 0.15) is 0 Å². The maximum atomic E-state index is 13.1. The van der Waals surface area contributed by atoms with Gasteiger partial charge in [-0.15, -0.1) is 0 Å². The molecular weight excluding hydrogens is 202 g/mol. The molecule has 0 unspecified atom stereocenters. The van der Waals surface area contributed by atoms with Crippen LogP contribution < -0.4 is 5.73 Å². The van der Waals surface area contributed by atoms with E-state index in [-0.39, 0.29) is 0 Å². The topological polar surface area (TPSA) is 56.2 Å². The maximum absolute atomic E-state index is 13.1. The molecule has 0 spiro atoms. The summed E-state index contributed by atoms with van der Waals surface area (Å²) < 4.78 is 27.7. The lowest BCUT2D eigenvalue weighted by molar-refractivity contribution is 0.0103. The summed E-state index contributed by atoms with van der Waals surface area (Å²) in [5, 5.41) is 0. The molecule has 0 aliphatic heterocycles. The Balaban J connectivity index is 2.37. The molecule has 2 rings (SSSR count). The summed E-state index contributed by atoms with van der Waals surface area (Å²) in [6.07, 6.45) is 5.66. The first-order valence-electron chi connectivity index (χ1n) is 4.46. The molecule has 0 fully saturated rings. The summed E-state index contributed by atoms with van der Waals surface area (Å²) in [6.45, 7) is -0.661. The van der Waals surface area contributed by atoms with Gasteiger partial charge in [0.05, 0.1) is 19.2 Å². The van der Waals surface area contributed by atoms with Gasteiger partial charge in [0.15, 0.2) is 5.65 Å². The lowest BCUT2D eigenvalue weighted by Gasteiger charge is -2.12.